The van der Waals surface area contributed by atoms with Gasteiger partial charge in [0.2, 0.25) is 0 Å². The van der Waals surface area contributed by atoms with E-state index in [1.165, 1.54) is 18.3 Å². The van der Waals surface area contributed by atoms with E-state index < -0.39 is 5.91 Å². The second kappa shape index (κ2) is 5.40. The van der Waals surface area contributed by atoms with Crippen LogP contribution in [-0.4, -0.2) is 17.2 Å². The van der Waals surface area contributed by atoms with Gasteiger partial charge in [-0.1, -0.05) is 0 Å². The Hall–Kier alpha value is -2.35. The molecule has 0 radical (unpaired) electrons. The van der Waals surface area contributed by atoms with E-state index in [-0.39, 0.29) is 12.2 Å². The summed E-state index contributed by atoms with van der Waals surface area (Å²) < 4.78 is 0. The molecule has 1 amide bonds. The van der Waals surface area contributed by atoms with Crippen molar-refractivity contribution in [2.24, 2.45) is 5.10 Å². The van der Waals surface area contributed by atoms with Crippen molar-refractivity contribution in [3.05, 3.63) is 29.8 Å². The molecular formula is C10H9N3O2. The summed E-state index contributed by atoms with van der Waals surface area (Å²) >= 11 is 0. The van der Waals surface area contributed by atoms with Gasteiger partial charge in [-0.25, -0.2) is 5.43 Å². The number of phenolic OH excluding ortho intramolecular Hbond substituents is 1. The quantitative estimate of drug-likeness (QED) is 0.561. The standard InChI is InChI=1S/C10H9N3O2/c11-6-5-10(15)13-12-7-8-1-3-9(14)4-2-8/h1-4,7,14H,5H2,(H,13,15)/b12-7+. The van der Waals surface area contributed by atoms with Gasteiger partial charge in [-0.3, -0.25) is 4.79 Å². The van der Waals surface area contributed by atoms with E-state index in [0.717, 1.165) is 5.56 Å². The monoisotopic (exact) mass is 203 g/mol. The molecule has 5 nitrogen and oxygen atoms in total. The lowest BCUT2D eigenvalue weighted by Gasteiger charge is -1.94. The van der Waals surface area contributed by atoms with Gasteiger partial charge in [-0.15, -0.1) is 0 Å². The van der Waals surface area contributed by atoms with E-state index in [1.54, 1.807) is 18.2 Å². The van der Waals surface area contributed by atoms with E-state index in [0.29, 0.717) is 0 Å². The first-order valence-corrected chi connectivity index (χ1v) is 4.20. The van der Waals surface area contributed by atoms with Gasteiger partial charge in [-0.05, 0) is 29.8 Å². The first-order valence-electron chi connectivity index (χ1n) is 4.20. The summed E-state index contributed by atoms with van der Waals surface area (Å²) in [4.78, 5) is 10.8. The molecule has 15 heavy (non-hydrogen) atoms. The van der Waals surface area contributed by atoms with Crippen LogP contribution in [0.3, 0.4) is 0 Å². The second-order valence-electron chi connectivity index (χ2n) is 2.72. The van der Waals surface area contributed by atoms with E-state index >= 15 is 0 Å². The number of carbonyl (C=O) groups excluding carboxylic acids is 1. The molecule has 1 aromatic carbocycles. The number of nitrogens with one attached hydrogen (secondary N) is 1. The van der Waals surface area contributed by atoms with Gasteiger partial charge in [-0.2, -0.15) is 10.4 Å². The maximum atomic E-state index is 10.8. The average molecular weight is 203 g/mol. The number of phenols is 1. The molecule has 0 spiro atoms. The van der Waals surface area contributed by atoms with Crippen molar-refractivity contribution in [3.8, 4) is 11.8 Å². The average Bonchev–Trinajstić information content (AvgIpc) is 2.21. The Morgan fingerprint density at radius 1 is 1.53 bits per heavy atom. The van der Waals surface area contributed by atoms with Crippen molar-refractivity contribution in [1.82, 2.24) is 5.43 Å². The summed E-state index contributed by atoms with van der Waals surface area (Å²) in [5.41, 5.74) is 2.93. The van der Waals surface area contributed by atoms with Crippen LogP contribution < -0.4 is 5.43 Å². The van der Waals surface area contributed by atoms with Crippen LogP contribution in [-0.2, 0) is 4.79 Å². The van der Waals surface area contributed by atoms with Crippen molar-refractivity contribution < 1.29 is 9.90 Å². The zero-order valence-corrected chi connectivity index (χ0v) is 7.84. The van der Waals surface area contributed by atoms with Crippen molar-refractivity contribution in [1.29, 1.82) is 5.26 Å². The van der Waals surface area contributed by atoms with Gasteiger partial charge in [0.15, 0.2) is 0 Å². The van der Waals surface area contributed by atoms with Crippen LogP contribution in [0.2, 0.25) is 0 Å². The summed E-state index contributed by atoms with van der Waals surface area (Å²) in [7, 11) is 0. The summed E-state index contributed by atoms with van der Waals surface area (Å²) in [6.07, 6.45) is 1.21. The fourth-order valence-electron chi connectivity index (χ4n) is 0.851. The lowest BCUT2D eigenvalue weighted by molar-refractivity contribution is -0.120. The molecule has 0 aromatic heterocycles. The Morgan fingerprint density at radius 3 is 2.80 bits per heavy atom. The maximum absolute atomic E-state index is 10.8. The first kappa shape index (κ1) is 10.7. The van der Waals surface area contributed by atoms with Gasteiger partial charge in [0.05, 0.1) is 12.3 Å². The molecule has 0 atom stereocenters. The molecule has 76 valence electrons. The zero-order valence-electron chi connectivity index (χ0n) is 7.84. The van der Waals surface area contributed by atoms with Gasteiger partial charge >= 0.3 is 0 Å². The van der Waals surface area contributed by atoms with Crippen LogP contribution in [0.4, 0.5) is 0 Å². The molecule has 0 fully saturated rings. The van der Waals surface area contributed by atoms with Crippen molar-refractivity contribution in [3.63, 3.8) is 0 Å². The summed E-state index contributed by atoms with van der Waals surface area (Å²) in [5.74, 6) is -0.284. The van der Waals surface area contributed by atoms with E-state index in [9.17, 15) is 4.79 Å². The Morgan fingerprint density at radius 2 is 2.20 bits per heavy atom. The van der Waals surface area contributed by atoms with E-state index in [1.807, 2.05) is 0 Å². The number of hydrogen-bond donors (Lipinski definition) is 2. The Balaban J connectivity index is 2.48. The minimum atomic E-state index is -0.451. The Bertz CT molecular complexity index is 404. The van der Waals surface area contributed by atoms with Crippen molar-refractivity contribution >= 4 is 12.1 Å². The third-order valence-corrected chi connectivity index (χ3v) is 1.54. The van der Waals surface area contributed by atoms with E-state index in [2.05, 4.69) is 10.5 Å². The highest BCUT2D eigenvalue weighted by molar-refractivity contribution is 5.83. The number of hydrogen-bond acceptors (Lipinski definition) is 4. The fourth-order valence-corrected chi connectivity index (χ4v) is 0.851. The lowest BCUT2D eigenvalue weighted by Crippen LogP contribution is -2.16. The molecule has 1 aromatic rings. The van der Waals surface area contributed by atoms with Gasteiger partial charge in [0.1, 0.15) is 12.2 Å². The smallest absolute Gasteiger partial charge is 0.254 e. The predicted octanol–water partition coefficient (Wildman–Crippen LogP) is 0.756. The minimum absolute atomic E-state index is 0.167. The number of nitriles is 1. The third kappa shape index (κ3) is 3.91. The molecule has 0 unspecified atom stereocenters. The highest BCUT2D eigenvalue weighted by Gasteiger charge is 1.95. The number of nitrogens with zero attached hydrogens (tertiary/aromatic N) is 2. The Labute approximate surface area is 86.7 Å². The number of amides is 1. The van der Waals surface area contributed by atoms with E-state index in [4.69, 9.17) is 10.4 Å². The van der Waals surface area contributed by atoms with Crippen LogP contribution in [0.25, 0.3) is 0 Å². The topological polar surface area (TPSA) is 85.5 Å². The molecule has 1 rings (SSSR count). The summed E-state index contributed by atoms with van der Waals surface area (Å²) in [5, 5.41) is 20.8. The van der Waals surface area contributed by atoms with Crippen molar-refractivity contribution in [2.75, 3.05) is 0 Å². The Kier molecular flexibility index (Phi) is 3.86. The molecule has 5 heteroatoms. The molecular weight excluding hydrogens is 194 g/mol. The lowest BCUT2D eigenvalue weighted by atomic mass is 10.2. The van der Waals surface area contributed by atoms with Gasteiger partial charge in [0.25, 0.3) is 5.91 Å². The number of aromatic hydroxyl groups is 1. The summed E-state index contributed by atoms with van der Waals surface area (Å²) in [6.45, 7) is 0. The molecule has 0 saturated heterocycles. The largest absolute Gasteiger partial charge is 0.508 e. The highest BCUT2D eigenvalue weighted by Crippen LogP contribution is 2.07. The van der Waals surface area contributed by atoms with Crippen LogP contribution in [0, 0.1) is 11.3 Å². The molecule has 0 aliphatic heterocycles. The van der Waals surface area contributed by atoms with Crippen LogP contribution >= 0.6 is 0 Å². The number of benzene rings is 1. The number of hydrazone groups is 1. The number of carbonyl (C=O) groups is 1. The predicted molar refractivity (Wildman–Crippen MR) is 54.1 cm³/mol. The molecule has 0 aliphatic rings. The third-order valence-electron chi connectivity index (χ3n) is 1.54. The second-order valence-corrected chi connectivity index (χ2v) is 2.72. The minimum Gasteiger partial charge on any atom is -0.508 e. The van der Waals surface area contributed by atoms with Crippen LogP contribution in [0.15, 0.2) is 29.4 Å². The molecule has 2 N–H and O–H groups in total. The van der Waals surface area contributed by atoms with Crippen LogP contribution in [0.1, 0.15) is 12.0 Å². The molecule has 0 bridgehead atoms. The summed E-state index contributed by atoms with van der Waals surface area (Å²) in [6, 6.07) is 8.03. The molecule has 0 heterocycles. The fraction of sp³-hybridized carbons (Fsp3) is 0.100. The van der Waals surface area contributed by atoms with Gasteiger partial charge < -0.3 is 5.11 Å². The SMILES string of the molecule is N#CCC(=O)N/N=C/c1ccc(O)cc1. The van der Waals surface area contributed by atoms with Crippen LogP contribution in [0.5, 0.6) is 5.75 Å². The zero-order chi connectivity index (χ0) is 11.1. The first-order chi connectivity index (χ1) is 7.22. The van der Waals surface area contributed by atoms with Gasteiger partial charge in [0, 0.05) is 0 Å². The maximum Gasteiger partial charge on any atom is 0.254 e. The van der Waals surface area contributed by atoms with Crippen molar-refractivity contribution in [2.45, 2.75) is 6.42 Å². The number of rotatable bonds is 3. The normalized spacial score (nSPS) is 9.80. The highest BCUT2D eigenvalue weighted by atomic mass is 16.3. The molecule has 0 aliphatic carbocycles. The molecule has 0 saturated carbocycles.